The van der Waals surface area contributed by atoms with Gasteiger partial charge in [-0.25, -0.2) is 13.1 Å². The van der Waals surface area contributed by atoms with Gasteiger partial charge in [-0.15, -0.1) is 10.2 Å². The third-order valence-corrected chi connectivity index (χ3v) is 7.26. The number of benzene rings is 1. The van der Waals surface area contributed by atoms with Crippen molar-refractivity contribution in [3.05, 3.63) is 24.3 Å². The van der Waals surface area contributed by atoms with Crippen LogP contribution in [0.2, 0.25) is 0 Å². The number of ketones is 1. The van der Waals surface area contributed by atoms with Crippen LogP contribution in [0.25, 0.3) is 11.4 Å². The van der Waals surface area contributed by atoms with Gasteiger partial charge in [0.15, 0.2) is 5.82 Å². The van der Waals surface area contributed by atoms with Gasteiger partial charge in [0.2, 0.25) is 15.2 Å². The summed E-state index contributed by atoms with van der Waals surface area (Å²) in [5.74, 6) is 6.75. The summed E-state index contributed by atoms with van der Waals surface area (Å²) in [6.07, 6.45) is 0. The maximum atomic E-state index is 12.7. The molecule has 0 unspecified atom stereocenters. The highest BCUT2D eigenvalue weighted by Crippen LogP contribution is 2.26. The van der Waals surface area contributed by atoms with E-state index in [0.29, 0.717) is 29.6 Å². The van der Waals surface area contributed by atoms with Crippen molar-refractivity contribution < 1.29 is 13.2 Å². The van der Waals surface area contributed by atoms with Crippen LogP contribution in [0.1, 0.15) is 34.6 Å². The predicted octanol–water partition coefficient (Wildman–Crippen LogP) is 2.40. The number of sulfonamides is 1. The van der Waals surface area contributed by atoms with Gasteiger partial charge < -0.3 is 5.84 Å². The molecule has 0 spiro atoms. The lowest BCUT2D eigenvalue weighted by Crippen LogP contribution is -2.30. The van der Waals surface area contributed by atoms with Crippen molar-refractivity contribution in [2.45, 2.75) is 44.7 Å². The molecule has 10 heteroatoms. The summed E-state index contributed by atoms with van der Waals surface area (Å²) < 4.78 is 28.2. The van der Waals surface area contributed by atoms with Crippen molar-refractivity contribution in [2.75, 3.05) is 24.7 Å². The highest BCUT2D eigenvalue weighted by atomic mass is 32.2. The van der Waals surface area contributed by atoms with Crippen LogP contribution in [0, 0.1) is 5.41 Å². The fourth-order valence-corrected chi connectivity index (χ4v) is 4.95. The first-order valence-electron chi connectivity index (χ1n) is 8.99. The Balaban J connectivity index is 2.30. The number of aromatic nitrogens is 3. The van der Waals surface area contributed by atoms with Crippen LogP contribution in [0.3, 0.4) is 0 Å². The number of nitrogens with two attached hydrogens (primary N) is 1. The van der Waals surface area contributed by atoms with E-state index in [1.807, 2.05) is 20.8 Å². The second-order valence-electron chi connectivity index (χ2n) is 7.26. The Kier molecular flexibility index (Phi) is 6.89. The maximum Gasteiger partial charge on any atom is 0.243 e. The monoisotopic (exact) mass is 425 g/mol. The standard InChI is InChI=1S/C18H27N5O3S2/c1-6-22(7-2)28(25,26)14-10-8-9-13(11-14)16-20-21-17(23(16)19)27-12-15(24)18(3,4)5/h8-11H,6-7,12,19H2,1-5H3. The van der Waals surface area contributed by atoms with Gasteiger partial charge in [0, 0.05) is 24.1 Å². The second-order valence-corrected chi connectivity index (χ2v) is 10.1. The van der Waals surface area contributed by atoms with Gasteiger partial charge in [-0.2, -0.15) is 4.31 Å². The van der Waals surface area contributed by atoms with E-state index in [1.165, 1.54) is 26.8 Å². The number of thioether (sulfide) groups is 1. The Morgan fingerprint density at radius 3 is 2.43 bits per heavy atom. The lowest BCUT2D eigenvalue weighted by molar-refractivity contribution is -0.123. The highest BCUT2D eigenvalue weighted by molar-refractivity contribution is 7.99. The summed E-state index contributed by atoms with van der Waals surface area (Å²) in [7, 11) is -3.59. The van der Waals surface area contributed by atoms with Gasteiger partial charge in [0.1, 0.15) is 5.78 Å². The maximum absolute atomic E-state index is 12.7. The normalized spacial score (nSPS) is 12.5. The summed E-state index contributed by atoms with van der Waals surface area (Å²) in [5, 5.41) is 8.52. The zero-order valence-electron chi connectivity index (χ0n) is 16.8. The molecular formula is C18H27N5O3S2. The Bertz CT molecular complexity index is 944. The molecule has 0 aliphatic heterocycles. The van der Waals surface area contributed by atoms with Crippen LogP contribution in [0.15, 0.2) is 34.3 Å². The molecule has 8 nitrogen and oxygen atoms in total. The molecule has 1 aromatic heterocycles. The fourth-order valence-electron chi connectivity index (χ4n) is 2.43. The Morgan fingerprint density at radius 1 is 1.21 bits per heavy atom. The molecule has 154 valence electrons. The van der Waals surface area contributed by atoms with E-state index < -0.39 is 15.4 Å². The molecule has 1 heterocycles. The molecule has 0 saturated heterocycles. The number of carbonyl (C=O) groups excluding carboxylic acids is 1. The van der Waals surface area contributed by atoms with Crippen molar-refractivity contribution in [1.29, 1.82) is 0 Å². The number of nitrogen functional groups attached to an aromatic ring is 1. The van der Waals surface area contributed by atoms with Gasteiger partial charge in [-0.3, -0.25) is 4.79 Å². The van der Waals surface area contributed by atoms with Crippen LogP contribution in [0.4, 0.5) is 0 Å². The first kappa shape index (κ1) is 22.4. The minimum absolute atomic E-state index is 0.0781. The summed E-state index contributed by atoms with van der Waals surface area (Å²) in [6.45, 7) is 9.94. The number of rotatable bonds is 8. The molecular weight excluding hydrogens is 398 g/mol. The largest absolute Gasteiger partial charge is 0.335 e. The number of hydrogen-bond donors (Lipinski definition) is 1. The van der Waals surface area contributed by atoms with E-state index in [4.69, 9.17) is 5.84 Å². The minimum atomic E-state index is -3.59. The Labute approximate surface area is 170 Å². The minimum Gasteiger partial charge on any atom is -0.335 e. The molecule has 0 atom stereocenters. The number of hydrogen-bond acceptors (Lipinski definition) is 7. The quantitative estimate of drug-likeness (QED) is 0.510. The summed E-state index contributed by atoms with van der Waals surface area (Å²) in [5.41, 5.74) is 0.0970. The van der Waals surface area contributed by atoms with Crippen LogP contribution in [-0.4, -0.2) is 52.2 Å². The molecule has 28 heavy (non-hydrogen) atoms. The van der Waals surface area contributed by atoms with Crippen LogP contribution < -0.4 is 5.84 Å². The Hall–Kier alpha value is -1.91. The fraction of sp³-hybridized carbons (Fsp3) is 0.500. The highest BCUT2D eigenvalue weighted by Gasteiger charge is 2.24. The van der Waals surface area contributed by atoms with E-state index in [1.54, 1.807) is 32.0 Å². The van der Waals surface area contributed by atoms with Crippen molar-refractivity contribution >= 4 is 27.6 Å². The van der Waals surface area contributed by atoms with Crippen molar-refractivity contribution in [1.82, 2.24) is 19.2 Å². The third kappa shape index (κ3) is 4.73. The van der Waals surface area contributed by atoms with Crippen LogP contribution in [-0.2, 0) is 14.8 Å². The smallest absolute Gasteiger partial charge is 0.243 e. The summed E-state index contributed by atoms with van der Waals surface area (Å²) in [6, 6.07) is 6.46. The van der Waals surface area contributed by atoms with Gasteiger partial charge in [0.25, 0.3) is 0 Å². The van der Waals surface area contributed by atoms with Crippen LogP contribution >= 0.6 is 11.8 Å². The van der Waals surface area contributed by atoms with E-state index in [9.17, 15) is 13.2 Å². The van der Waals surface area contributed by atoms with E-state index >= 15 is 0 Å². The van der Waals surface area contributed by atoms with Gasteiger partial charge >= 0.3 is 0 Å². The molecule has 0 bridgehead atoms. The van der Waals surface area contributed by atoms with Crippen molar-refractivity contribution in [3.63, 3.8) is 0 Å². The van der Waals surface area contributed by atoms with Gasteiger partial charge in [-0.05, 0) is 12.1 Å². The molecule has 0 saturated carbocycles. The molecule has 0 radical (unpaired) electrons. The predicted molar refractivity (Wildman–Crippen MR) is 111 cm³/mol. The molecule has 1 aromatic carbocycles. The second kappa shape index (κ2) is 8.62. The molecule has 2 aromatic rings. The lowest BCUT2D eigenvalue weighted by Gasteiger charge is -2.18. The lowest BCUT2D eigenvalue weighted by atomic mass is 9.92. The average Bonchev–Trinajstić information content (AvgIpc) is 3.00. The van der Waals surface area contributed by atoms with E-state index in [2.05, 4.69) is 10.2 Å². The number of Topliss-reactive ketones (excluding diaryl/α,β-unsaturated/α-hetero) is 1. The van der Waals surface area contributed by atoms with E-state index in [0.717, 1.165) is 0 Å². The first-order chi connectivity index (χ1) is 13.0. The average molecular weight is 426 g/mol. The SMILES string of the molecule is CCN(CC)S(=O)(=O)c1cccc(-c2nnc(SCC(=O)C(C)(C)C)n2N)c1. The van der Waals surface area contributed by atoms with Crippen molar-refractivity contribution in [3.8, 4) is 11.4 Å². The zero-order valence-corrected chi connectivity index (χ0v) is 18.5. The van der Waals surface area contributed by atoms with Gasteiger partial charge in [-0.1, -0.05) is 58.5 Å². The molecule has 0 amide bonds. The number of carbonyl (C=O) groups is 1. The summed E-state index contributed by atoms with van der Waals surface area (Å²) in [4.78, 5) is 12.3. The number of nitrogens with zero attached hydrogens (tertiary/aromatic N) is 4. The third-order valence-electron chi connectivity index (χ3n) is 4.27. The molecule has 0 aliphatic carbocycles. The molecule has 0 fully saturated rings. The van der Waals surface area contributed by atoms with E-state index in [-0.39, 0.29) is 16.4 Å². The molecule has 0 aliphatic rings. The van der Waals surface area contributed by atoms with Gasteiger partial charge in [0.05, 0.1) is 10.6 Å². The molecule has 2 N–H and O–H groups in total. The Morgan fingerprint density at radius 2 is 1.86 bits per heavy atom. The zero-order chi connectivity index (χ0) is 21.1. The topological polar surface area (TPSA) is 111 Å². The van der Waals surface area contributed by atoms with Crippen molar-refractivity contribution in [2.24, 2.45) is 5.41 Å². The summed E-state index contributed by atoms with van der Waals surface area (Å²) >= 11 is 1.21. The molecule has 2 rings (SSSR count). The van der Waals surface area contributed by atoms with Crippen LogP contribution in [0.5, 0.6) is 0 Å². The first-order valence-corrected chi connectivity index (χ1v) is 11.4.